The smallest absolute Gasteiger partial charge is 0.307 e. The van der Waals surface area contributed by atoms with Gasteiger partial charge < -0.3 is 13.6 Å². The number of fused-ring (bicyclic) bond motifs is 1. The average Bonchev–Trinajstić information content (AvgIpc) is 3.20. The molecule has 0 aliphatic heterocycles. The van der Waals surface area contributed by atoms with Gasteiger partial charge in [-0.3, -0.25) is 14.5 Å². The molecule has 7 nitrogen and oxygen atoms in total. The van der Waals surface area contributed by atoms with Gasteiger partial charge in [0.25, 0.3) is 5.91 Å². The SMILES string of the molecule is COC(=O)CCN(C(=O)c1coc(C)c1)c1nc2ccccc2o1. The molecule has 0 fully saturated rings. The summed E-state index contributed by atoms with van der Waals surface area (Å²) in [6, 6.07) is 8.94. The van der Waals surface area contributed by atoms with Gasteiger partial charge in [-0.15, -0.1) is 0 Å². The normalized spacial score (nSPS) is 10.8. The van der Waals surface area contributed by atoms with Crippen LogP contribution in [0.15, 0.2) is 45.4 Å². The van der Waals surface area contributed by atoms with Crippen molar-refractivity contribution >= 4 is 29.0 Å². The van der Waals surface area contributed by atoms with E-state index in [0.717, 1.165) is 0 Å². The molecule has 3 rings (SSSR count). The summed E-state index contributed by atoms with van der Waals surface area (Å²) >= 11 is 0. The summed E-state index contributed by atoms with van der Waals surface area (Å²) in [4.78, 5) is 29.8. The van der Waals surface area contributed by atoms with Gasteiger partial charge >= 0.3 is 12.0 Å². The summed E-state index contributed by atoms with van der Waals surface area (Å²) < 4.78 is 15.5. The molecule has 0 radical (unpaired) electrons. The van der Waals surface area contributed by atoms with E-state index in [1.165, 1.54) is 18.3 Å². The zero-order valence-corrected chi connectivity index (χ0v) is 13.3. The average molecular weight is 328 g/mol. The first-order chi connectivity index (χ1) is 11.6. The molecule has 0 aliphatic rings. The predicted molar refractivity (Wildman–Crippen MR) is 85.8 cm³/mol. The molecule has 1 aromatic carbocycles. The van der Waals surface area contributed by atoms with Crippen molar-refractivity contribution in [2.45, 2.75) is 13.3 Å². The van der Waals surface area contributed by atoms with Gasteiger partial charge in [-0.1, -0.05) is 12.1 Å². The van der Waals surface area contributed by atoms with Crippen molar-refractivity contribution in [3.8, 4) is 0 Å². The van der Waals surface area contributed by atoms with E-state index in [9.17, 15) is 9.59 Å². The maximum absolute atomic E-state index is 12.8. The van der Waals surface area contributed by atoms with Crippen LogP contribution in [0.1, 0.15) is 22.5 Å². The van der Waals surface area contributed by atoms with Crippen LogP contribution in [0.5, 0.6) is 0 Å². The van der Waals surface area contributed by atoms with Gasteiger partial charge in [0, 0.05) is 6.54 Å². The molecule has 7 heteroatoms. The highest BCUT2D eigenvalue weighted by molar-refractivity contribution is 6.05. The number of carbonyl (C=O) groups excluding carboxylic acids is 2. The number of methoxy groups -OCH3 is 1. The molecule has 0 aliphatic carbocycles. The van der Waals surface area contributed by atoms with Gasteiger partial charge in [0.1, 0.15) is 17.5 Å². The number of para-hydroxylation sites is 2. The molecule has 0 saturated carbocycles. The molecular weight excluding hydrogens is 312 g/mol. The van der Waals surface area contributed by atoms with Gasteiger partial charge in [0.15, 0.2) is 5.58 Å². The fourth-order valence-electron chi connectivity index (χ4n) is 2.28. The Balaban J connectivity index is 1.94. The Kier molecular flexibility index (Phi) is 4.33. The zero-order chi connectivity index (χ0) is 17.1. The van der Waals surface area contributed by atoms with Crippen molar-refractivity contribution in [3.63, 3.8) is 0 Å². The Labute approximate surface area is 137 Å². The lowest BCUT2D eigenvalue weighted by atomic mass is 10.2. The molecule has 0 atom stereocenters. The Morgan fingerprint density at radius 2 is 2.08 bits per heavy atom. The fraction of sp³-hybridized carbons (Fsp3) is 0.235. The number of esters is 1. The number of aryl methyl sites for hydroxylation is 1. The highest BCUT2D eigenvalue weighted by atomic mass is 16.5. The van der Waals surface area contributed by atoms with Crippen LogP contribution in [0.3, 0.4) is 0 Å². The largest absolute Gasteiger partial charge is 0.469 e. The Morgan fingerprint density at radius 1 is 1.29 bits per heavy atom. The van der Waals surface area contributed by atoms with Crippen molar-refractivity contribution in [2.24, 2.45) is 0 Å². The number of oxazole rings is 1. The minimum atomic E-state index is -0.424. The van der Waals surface area contributed by atoms with Crippen LogP contribution >= 0.6 is 0 Å². The number of hydrogen-bond acceptors (Lipinski definition) is 6. The quantitative estimate of drug-likeness (QED) is 0.669. The number of rotatable bonds is 5. The number of furan rings is 1. The van der Waals surface area contributed by atoms with Crippen LogP contribution in [0.25, 0.3) is 11.1 Å². The second kappa shape index (κ2) is 6.57. The molecule has 0 saturated heterocycles. The predicted octanol–water partition coefficient (Wildman–Crippen LogP) is 2.94. The maximum atomic E-state index is 12.8. The first-order valence-corrected chi connectivity index (χ1v) is 7.38. The van der Waals surface area contributed by atoms with Crippen LogP contribution in [-0.2, 0) is 9.53 Å². The fourth-order valence-corrected chi connectivity index (χ4v) is 2.28. The van der Waals surface area contributed by atoms with Crippen LogP contribution in [0.4, 0.5) is 6.01 Å². The molecule has 0 unspecified atom stereocenters. The lowest BCUT2D eigenvalue weighted by Gasteiger charge is -2.17. The van der Waals surface area contributed by atoms with Crippen molar-refractivity contribution < 1.29 is 23.2 Å². The summed E-state index contributed by atoms with van der Waals surface area (Å²) in [5, 5.41) is 0. The number of amides is 1. The maximum Gasteiger partial charge on any atom is 0.307 e. The molecule has 124 valence electrons. The van der Waals surface area contributed by atoms with E-state index in [2.05, 4.69) is 9.72 Å². The first-order valence-electron chi connectivity index (χ1n) is 7.38. The molecule has 2 aromatic heterocycles. The molecule has 0 spiro atoms. The van der Waals surface area contributed by atoms with E-state index >= 15 is 0 Å². The number of benzene rings is 1. The monoisotopic (exact) mass is 328 g/mol. The minimum absolute atomic E-state index is 0.0256. The summed E-state index contributed by atoms with van der Waals surface area (Å²) in [6.45, 7) is 1.83. The standard InChI is InChI=1S/C17H16N2O5/c1-11-9-12(10-23-11)16(21)19(8-7-15(20)22-2)17-18-13-5-3-4-6-14(13)24-17/h3-6,9-10H,7-8H2,1-2H3. The van der Waals surface area contributed by atoms with Gasteiger partial charge in [0.05, 0.1) is 19.1 Å². The van der Waals surface area contributed by atoms with Crippen molar-refractivity contribution in [2.75, 3.05) is 18.6 Å². The molecule has 3 aromatic rings. The van der Waals surface area contributed by atoms with E-state index < -0.39 is 5.97 Å². The molecule has 0 bridgehead atoms. The third kappa shape index (κ3) is 3.15. The van der Waals surface area contributed by atoms with Gasteiger partial charge in [-0.2, -0.15) is 4.98 Å². The number of anilines is 1. The topological polar surface area (TPSA) is 85.8 Å². The second-order valence-corrected chi connectivity index (χ2v) is 5.19. The molecule has 24 heavy (non-hydrogen) atoms. The van der Waals surface area contributed by atoms with E-state index in [0.29, 0.717) is 22.4 Å². The summed E-state index contributed by atoms with van der Waals surface area (Å²) in [5.74, 6) is -0.168. The second-order valence-electron chi connectivity index (χ2n) is 5.19. The molecule has 1 amide bonds. The highest BCUT2D eigenvalue weighted by Crippen LogP contribution is 2.24. The van der Waals surface area contributed by atoms with Crippen molar-refractivity contribution in [3.05, 3.63) is 47.9 Å². The Hall–Kier alpha value is -3.09. The third-order valence-corrected chi connectivity index (χ3v) is 3.50. The third-order valence-electron chi connectivity index (χ3n) is 3.50. The molecule has 0 N–H and O–H groups in total. The van der Waals surface area contributed by atoms with Crippen LogP contribution in [0, 0.1) is 6.92 Å². The van der Waals surface area contributed by atoms with E-state index in [4.69, 9.17) is 8.83 Å². The van der Waals surface area contributed by atoms with Crippen molar-refractivity contribution in [1.82, 2.24) is 4.98 Å². The lowest BCUT2D eigenvalue weighted by Crippen LogP contribution is -2.33. The van der Waals surface area contributed by atoms with Gasteiger partial charge in [-0.25, -0.2) is 0 Å². The van der Waals surface area contributed by atoms with Crippen molar-refractivity contribution in [1.29, 1.82) is 0 Å². The lowest BCUT2D eigenvalue weighted by molar-refractivity contribution is -0.140. The number of ether oxygens (including phenoxy) is 1. The van der Waals surface area contributed by atoms with E-state index in [1.807, 2.05) is 12.1 Å². The summed E-state index contributed by atoms with van der Waals surface area (Å²) in [7, 11) is 1.30. The zero-order valence-electron chi connectivity index (χ0n) is 13.3. The minimum Gasteiger partial charge on any atom is -0.469 e. The number of aromatic nitrogens is 1. The van der Waals surface area contributed by atoms with Crippen LogP contribution in [-0.4, -0.2) is 30.5 Å². The Morgan fingerprint density at radius 3 is 2.75 bits per heavy atom. The van der Waals surface area contributed by atoms with Gasteiger partial charge in [0.2, 0.25) is 0 Å². The molecular formula is C17H16N2O5. The van der Waals surface area contributed by atoms with E-state index in [-0.39, 0.29) is 24.9 Å². The van der Waals surface area contributed by atoms with Crippen LogP contribution < -0.4 is 4.90 Å². The molecule has 2 heterocycles. The summed E-state index contributed by atoms with van der Waals surface area (Å²) in [5.41, 5.74) is 1.55. The number of carbonyl (C=O) groups is 2. The highest BCUT2D eigenvalue weighted by Gasteiger charge is 2.24. The summed E-state index contributed by atoms with van der Waals surface area (Å²) in [6.07, 6.45) is 1.39. The van der Waals surface area contributed by atoms with Crippen LogP contribution in [0.2, 0.25) is 0 Å². The first kappa shape index (κ1) is 15.8. The van der Waals surface area contributed by atoms with E-state index in [1.54, 1.807) is 25.1 Å². The Bertz CT molecular complexity index is 847. The van der Waals surface area contributed by atoms with Gasteiger partial charge in [-0.05, 0) is 25.1 Å². The number of nitrogens with zero attached hydrogens (tertiary/aromatic N) is 2. The number of hydrogen-bond donors (Lipinski definition) is 0.